The Morgan fingerprint density at radius 3 is 2.65 bits per heavy atom. The molecule has 4 aliphatic heterocycles. The standard InChI is InChI=1S/C25H34N6/c1-6-26-23(16(2)3)20-10-8-12-22(30(20)5)25-27-19-9-7-11-21(24(19)28-25)31-14-17-13-18(15-31)29(17)4/h6-7,9,11,17-18,20,22H,1-2,8,10,12-15H2,3-5H3,(H,27,28). The number of piperazine rings is 1. The van der Waals surface area contributed by atoms with Crippen molar-refractivity contribution in [3.8, 4) is 0 Å². The van der Waals surface area contributed by atoms with Gasteiger partial charge in [-0.1, -0.05) is 19.2 Å². The first-order chi connectivity index (χ1) is 15.0. The van der Waals surface area contributed by atoms with Crippen molar-refractivity contribution in [2.45, 2.75) is 56.8 Å². The summed E-state index contributed by atoms with van der Waals surface area (Å²) in [5.41, 5.74) is 5.56. The normalized spacial score (nSPS) is 29.8. The van der Waals surface area contributed by atoms with Crippen LogP contribution in [0.4, 0.5) is 5.69 Å². The van der Waals surface area contributed by atoms with Crippen molar-refractivity contribution in [1.82, 2.24) is 19.8 Å². The number of benzene rings is 1. The number of para-hydroxylation sites is 1. The van der Waals surface area contributed by atoms with Gasteiger partial charge >= 0.3 is 0 Å². The molecule has 1 aromatic heterocycles. The lowest BCUT2D eigenvalue weighted by molar-refractivity contribution is 0.0265. The van der Waals surface area contributed by atoms with E-state index in [1.807, 2.05) is 6.92 Å². The van der Waals surface area contributed by atoms with Crippen LogP contribution in [-0.2, 0) is 0 Å². The van der Waals surface area contributed by atoms with Crippen molar-refractivity contribution in [3.05, 3.63) is 49.0 Å². The largest absolute Gasteiger partial charge is 0.367 e. The van der Waals surface area contributed by atoms with E-state index in [2.05, 4.69) is 70.1 Å². The average molecular weight is 419 g/mol. The Morgan fingerprint density at radius 1 is 1.19 bits per heavy atom. The maximum absolute atomic E-state index is 5.17. The van der Waals surface area contributed by atoms with Gasteiger partial charge in [0, 0.05) is 31.4 Å². The molecular formula is C25H34N6. The summed E-state index contributed by atoms with van der Waals surface area (Å²) in [6, 6.07) is 8.41. The molecule has 31 heavy (non-hydrogen) atoms. The monoisotopic (exact) mass is 418 g/mol. The molecule has 0 saturated carbocycles. The molecule has 6 rings (SSSR count). The number of hydrogen-bond acceptors (Lipinski definition) is 5. The first kappa shape index (κ1) is 20.5. The van der Waals surface area contributed by atoms with E-state index in [-0.39, 0.29) is 12.1 Å². The van der Waals surface area contributed by atoms with E-state index in [4.69, 9.17) is 4.98 Å². The van der Waals surface area contributed by atoms with Crippen LogP contribution in [0.3, 0.4) is 0 Å². The van der Waals surface area contributed by atoms with Gasteiger partial charge in [-0.15, -0.1) is 0 Å². The second-order valence-corrected chi connectivity index (χ2v) is 9.51. The van der Waals surface area contributed by atoms with Crippen LogP contribution < -0.4 is 4.90 Å². The smallest absolute Gasteiger partial charge is 0.124 e. The number of anilines is 1. The molecule has 0 spiro atoms. The highest BCUT2D eigenvalue weighted by atomic mass is 15.3. The van der Waals surface area contributed by atoms with E-state index in [1.165, 1.54) is 12.1 Å². The number of aromatic nitrogens is 2. The number of nitrogens with zero attached hydrogens (tertiary/aromatic N) is 5. The topological polar surface area (TPSA) is 50.8 Å². The van der Waals surface area contributed by atoms with Gasteiger partial charge in [-0.25, -0.2) is 4.98 Å². The minimum absolute atomic E-state index is 0.242. The van der Waals surface area contributed by atoms with Gasteiger partial charge in [0.1, 0.15) is 11.3 Å². The lowest BCUT2D eigenvalue weighted by Gasteiger charge is -2.55. The fraction of sp³-hybridized carbons (Fsp3) is 0.520. The number of likely N-dealkylation sites (tertiary alicyclic amines) is 1. The number of rotatable bonds is 5. The number of aromatic amines is 1. The number of piperidine rings is 2. The lowest BCUT2D eigenvalue weighted by Crippen LogP contribution is -2.67. The number of nitrogens with one attached hydrogen (secondary N) is 1. The van der Waals surface area contributed by atoms with Gasteiger partial charge in [0.25, 0.3) is 0 Å². The van der Waals surface area contributed by atoms with Gasteiger partial charge in [-0.3, -0.25) is 14.8 Å². The fourth-order valence-corrected chi connectivity index (χ4v) is 5.81. The molecule has 4 atom stereocenters. The van der Waals surface area contributed by atoms with Crippen LogP contribution in [-0.4, -0.2) is 70.8 Å². The van der Waals surface area contributed by atoms with Crippen molar-refractivity contribution < 1.29 is 0 Å². The third kappa shape index (κ3) is 3.42. The number of likely N-dealkylation sites (N-methyl/N-ethyl adjacent to an activating group) is 1. The SMILES string of the molecule is C=CN=C(C(=C)C)C1CCCC(c2nc3c(N4CC5CC(C4)N5C)cccc3[nH]2)N1C. The summed E-state index contributed by atoms with van der Waals surface area (Å²) in [7, 11) is 4.45. The summed E-state index contributed by atoms with van der Waals surface area (Å²) < 4.78 is 0. The van der Waals surface area contributed by atoms with Crippen molar-refractivity contribution in [3.63, 3.8) is 0 Å². The van der Waals surface area contributed by atoms with Gasteiger partial charge in [0.15, 0.2) is 0 Å². The highest BCUT2D eigenvalue weighted by Crippen LogP contribution is 2.38. The van der Waals surface area contributed by atoms with E-state index in [0.29, 0.717) is 12.1 Å². The molecule has 4 saturated heterocycles. The van der Waals surface area contributed by atoms with Crippen LogP contribution in [0.2, 0.25) is 0 Å². The maximum atomic E-state index is 5.17. The summed E-state index contributed by atoms with van der Waals surface area (Å²) in [6.07, 6.45) is 6.30. The number of aliphatic imine (C=N–C) groups is 1. The minimum Gasteiger partial charge on any atom is -0.367 e. The van der Waals surface area contributed by atoms with Gasteiger partial charge in [-0.05, 0) is 64.4 Å². The highest BCUT2D eigenvalue weighted by molar-refractivity contribution is 6.03. The Kier molecular flexibility index (Phi) is 5.22. The van der Waals surface area contributed by atoms with Crippen LogP contribution in [0.1, 0.15) is 44.5 Å². The molecule has 4 fully saturated rings. The van der Waals surface area contributed by atoms with Crippen LogP contribution in [0.15, 0.2) is 48.1 Å². The summed E-state index contributed by atoms with van der Waals surface area (Å²) in [6.45, 7) is 12.2. The maximum Gasteiger partial charge on any atom is 0.124 e. The molecule has 5 heterocycles. The zero-order chi connectivity index (χ0) is 21.7. The Hall–Kier alpha value is -2.44. The number of H-pyrrole nitrogens is 1. The van der Waals surface area contributed by atoms with Gasteiger partial charge in [-0.2, -0.15) is 0 Å². The van der Waals surface area contributed by atoms with Gasteiger partial charge in [0.2, 0.25) is 0 Å². The number of imidazole rings is 1. The first-order valence-corrected chi connectivity index (χ1v) is 11.5. The second kappa shape index (κ2) is 7.92. The van der Waals surface area contributed by atoms with Crippen LogP contribution in [0.5, 0.6) is 0 Å². The molecule has 0 amide bonds. The lowest BCUT2D eigenvalue weighted by atomic mass is 9.88. The first-order valence-electron chi connectivity index (χ1n) is 11.5. The Labute approximate surface area is 185 Å². The third-order valence-electron chi connectivity index (χ3n) is 7.65. The number of fused-ring (bicyclic) bond motifs is 3. The van der Waals surface area contributed by atoms with Crippen LogP contribution >= 0.6 is 0 Å². The van der Waals surface area contributed by atoms with Crippen molar-refractivity contribution >= 4 is 22.4 Å². The van der Waals surface area contributed by atoms with Gasteiger partial charge < -0.3 is 9.88 Å². The zero-order valence-electron chi connectivity index (χ0n) is 19.0. The molecule has 4 unspecified atom stereocenters. The summed E-state index contributed by atoms with van der Waals surface area (Å²) >= 11 is 0. The van der Waals surface area contributed by atoms with E-state index < -0.39 is 0 Å². The molecule has 6 nitrogen and oxygen atoms in total. The fourth-order valence-electron chi connectivity index (χ4n) is 5.81. The van der Waals surface area contributed by atoms with Crippen molar-refractivity contribution in [2.24, 2.45) is 4.99 Å². The third-order valence-corrected chi connectivity index (χ3v) is 7.65. The summed E-state index contributed by atoms with van der Waals surface area (Å²) in [5.74, 6) is 1.06. The van der Waals surface area contributed by atoms with E-state index in [0.717, 1.165) is 60.5 Å². The zero-order valence-corrected chi connectivity index (χ0v) is 19.0. The number of hydrogen-bond donors (Lipinski definition) is 1. The van der Waals surface area contributed by atoms with Crippen LogP contribution in [0, 0.1) is 0 Å². The summed E-state index contributed by atoms with van der Waals surface area (Å²) in [4.78, 5) is 20.9. The molecule has 1 aromatic carbocycles. The van der Waals surface area contributed by atoms with Gasteiger partial charge in [0.05, 0.1) is 29.0 Å². The predicted octanol–water partition coefficient (Wildman–Crippen LogP) is 4.14. The minimum atomic E-state index is 0.242. The quantitative estimate of drug-likeness (QED) is 0.742. The molecule has 0 radical (unpaired) electrons. The van der Waals surface area contributed by atoms with Crippen molar-refractivity contribution in [1.29, 1.82) is 0 Å². The average Bonchev–Trinajstić information content (AvgIpc) is 3.21. The molecular weight excluding hydrogens is 384 g/mol. The predicted molar refractivity (Wildman–Crippen MR) is 129 cm³/mol. The Bertz CT molecular complexity index is 1020. The van der Waals surface area contributed by atoms with E-state index >= 15 is 0 Å². The molecule has 2 aromatic rings. The second-order valence-electron chi connectivity index (χ2n) is 9.51. The molecule has 164 valence electrons. The van der Waals surface area contributed by atoms with E-state index in [1.54, 1.807) is 6.20 Å². The molecule has 2 bridgehead atoms. The molecule has 6 heteroatoms. The Balaban J connectivity index is 1.45. The molecule has 1 N–H and O–H groups in total. The van der Waals surface area contributed by atoms with Crippen molar-refractivity contribution in [2.75, 3.05) is 32.1 Å². The van der Waals surface area contributed by atoms with E-state index in [9.17, 15) is 0 Å². The highest BCUT2D eigenvalue weighted by Gasteiger charge is 2.42. The molecule has 4 aliphatic rings. The Morgan fingerprint density at radius 2 is 1.97 bits per heavy atom. The van der Waals surface area contributed by atoms with Crippen LogP contribution in [0.25, 0.3) is 11.0 Å². The molecule has 0 aliphatic carbocycles. The summed E-state index contributed by atoms with van der Waals surface area (Å²) in [5, 5.41) is 0.